The molecule has 1 amide bonds. The number of nitrogens with two attached hydrogens (primary N) is 1. The Balaban J connectivity index is 2.99. The van der Waals surface area contributed by atoms with Crippen LogP contribution in [0.15, 0.2) is 6.07 Å². The van der Waals surface area contributed by atoms with Crippen molar-refractivity contribution in [2.24, 2.45) is 5.73 Å². The first-order valence-corrected chi connectivity index (χ1v) is 7.47. The fraction of sp³-hybridized carbons (Fsp3) is 0.643. The van der Waals surface area contributed by atoms with Crippen LogP contribution in [0.1, 0.15) is 50.3 Å². The SMILES string of the molecule is CCc1cc(C(=O)N(CCC(N)=S)C(C)C)n(CC)n1. The molecule has 112 valence electrons. The minimum absolute atomic E-state index is 0.00898. The maximum Gasteiger partial charge on any atom is 0.272 e. The smallest absolute Gasteiger partial charge is 0.272 e. The average molecular weight is 296 g/mol. The van der Waals surface area contributed by atoms with Crippen molar-refractivity contribution in [1.29, 1.82) is 0 Å². The van der Waals surface area contributed by atoms with E-state index in [1.807, 2.05) is 33.8 Å². The molecule has 1 aromatic rings. The Hall–Kier alpha value is -1.43. The third-order valence-corrected chi connectivity index (χ3v) is 3.40. The fourth-order valence-corrected chi connectivity index (χ4v) is 2.12. The van der Waals surface area contributed by atoms with Crippen molar-refractivity contribution in [3.63, 3.8) is 0 Å². The topological polar surface area (TPSA) is 64.2 Å². The van der Waals surface area contributed by atoms with E-state index >= 15 is 0 Å². The van der Waals surface area contributed by atoms with E-state index in [1.54, 1.807) is 9.58 Å². The Morgan fingerprint density at radius 1 is 1.50 bits per heavy atom. The lowest BCUT2D eigenvalue weighted by molar-refractivity contribution is 0.0699. The van der Waals surface area contributed by atoms with Crippen LogP contribution in [0.5, 0.6) is 0 Å². The summed E-state index contributed by atoms with van der Waals surface area (Å²) >= 11 is 4.90. The van der Waals surface area contributed by atoms with Crippen molar-refractivity contribution >= 4 is 23.1 Å². The molecule has 0 aromatic carbocycles. The molecular weight excluding hydrogens is 272 g/mol. The van der Waals surface area contributed by atoms with Crippen molar-refractivity contribution in [1.82, 2.24) is 14.7 Å². The van der Waals surface area contributed by atoms with Crippen LogP contribution in [0.4, 0.5) is 0 Å². The van der Waals surface area contributed by atoms with Gasteiger partial charge in [-0.1, -0.05) is 19.1 Å². The van der Waals surface area contributed by atoms with Gasteiger partial charge < -0.3 is 10.6 Å². The highest BCUT2D eigenvalue weighted by molar-refractivity contribution is 7.80. The van der Waals surface area contributed by atoms with E-state index in [2.05, 4.69) is 5.10 Å². The van der Waals surface area contributed by atoms with Crippen LogP contribution in [-0.2, 0) is 13.0 Å². The van der Waals surface area contributed by atoms with Crippen molar-refractivity contribution < 1.29 is 4.79 Å². The number of carbonyl (C=O) groups is 1. The maximum absolute atomic E-state index is 12.7. The van der Waals surface area contributed by atoms with Gasteiger partial charge in [0.2, 0.25) is 0 Å². The van der Waals surface area contributed by atoms with Crippen molar-refractivity contribution in [3.05, 3.63) is 17.5 Å². The standard InChI is InChI=1S/C14H24N4OS/c1-5-11-9-12(18(6-2)16-11)14(19)17(10(3)4)8-7-13(15)20/h9-10H,5-8H2,1-4H3,(H2,15,20). The van der Waals surface area contributed by atoms with Crippen LogP contribution in [0, 0.1) is 0 Å². The molecule has 0 unspecified atom stereocenters. The molecule has 0 aliphatic heterocycles. The molecule has 0 aliphatic rings. The number of hydrogen-bond donors (Lipinski definition) is 1. The summed E-state index contributed by atoms with van der Waals surface area (Å²) < 4.78 is 1.76. The van der Waals surface area contributed by atoms with E-state index in [-0.39, 0.29) is 11.9 Å². The monoisotopic (exact) mass is 296 g/mol. The molecule has 0 radical (unpaired) electrons. The fourth-order valence-electron chi connectivity index (χ4n) is 2.03. The largest absolute Gasteiger partial charge is 0.393 e. The number of hydrogen-bond acceptors (Lipinski definition) is 3. The Bertz CT molecular complexity index is 482. The number of thiocarbonyl (C=S) groups is 1. The first kappa shape index (κ1) is 16.6. The molecule has 5 nitrogen and oxygen atoms in total. The lowest BCUT2D eigenvalue weighted by Crippen LogP contribution is -2.40. The number of aryl methyl sites for hydroxylation is 2. The highest BCUT2D eigenvalue weighted by atomic mass is 32.1. The molecular formula is C14H24N4OS. The van der Waals surface area contributed by atoms with Crippen LogP contribution >= 0.6 is 12.2 Å². The molecule has 0 saturated heterocycles. The lowest BCUT2D eigenvalue weighted by Gasteiger charge is -2.26. The van der Waals surface area contributed by atoms with Gasteiger partial charge in [0.1, 0.15) is 5.69 Å². The minimum atomic E-state index is -0.00898. The van der Waals surface area contributed by atoms with Gasteiger partial charge in [0, 0.05) is 25.6 Å². The maximum atomic E-state index is 12.7. The van der Waals surface area contributed by atoms with Crippen molar-refractivity contribution in [2.45, 2.75) is 53.1 Å². The van der Waals surface area contributed by atoms with E-state index in [0.29, 0.717) is 30.2 Å². The number of carbonyl (C=O) groups excluding carboxylic acids is 1. The molecule has 0 aliphatic carbocycles. The number of rotatable bonds is 7. The Labute approximate surface area is 126 Å². The van der Waals surface area contributed by atoms with Gasteiger partial charge in [0.15, 0.2) is 0 Å². The minimum Gasteiger partial charge on any atom is -0.393 e. The van der Waals surface area contributed by atoms with Crippen LogP contribution in [0.25, 0.3) is 0 Å². The Morgan fingerprint density at radius 3 is 2.60 bits per heavy atom. The van der Waals surface area contributed by atoms with E-state index in [4.69, 9.17) is 18.0 Å². The highest BCUT2D eigenvalue weighted by Crippen LogP contribution is 2.12. The average Bonchev–Trinajstić information content (AvgIpc) is 2.81. The van der Waals surface area contributed by atoms with Crippen LogP contribution in [-0.4, -0.2) is 38.2 Å². The summed E-state index contributed by atoms with van der Waals surface area (Å²) in [5, 5.41) is 4.42. The van der Waals surface area contributed by atoms with E-state index in [1.165, 1.54) is 0 Å². The Morgan fingerprint density at radius 2 is 2.15 bits per heavy atom. The van der Waals surface area contributed by atoms with Gasteiger partial charge in [0.25, 0.3) is 5.91 Å². The molecule has 1 rings (SSSR count). The van der Waals surface area contributed by atoms with Crippen molar-refractivity contribution in [2.75, 3.05) is 6.54 Å². The zero-order valence-corrected chi connectivity index (χ0v) is 13.5. The number of aromatic nitrogens is 2. The van der Waals surface area contributed by atoms with Gasteiger partial charge in [-0.15, -0.1) is 0 Å². The predicted octanol–water partition coefficient (Wildman–Crippen LogP) is 1.99. The molecule has 0 fully saturated rings. The molecule has 2 N–H and O–H groups in total. The van der Waals surface area contributed by atoms with Gasteiger partial charge in [-0.05, 0) is 33.3 Å². The third-order valence-electron chi connectivity index (χ3n) is 3.19. The van der Waals surface area contributed by atoms with Crippen molar-refractivity contribution in [3.8, 4) is 0 Å². The number of nitrogens with zero attached hydrogens (tertiary/aromatic N) is 3. The third kappa shape index (κ3) is 4.03. The van der Waals surface area contributed by atoms with Gasteiger partial charge in [-0.25, -0.2) is 0 Å². The first-order chi connectivity index (χ1) is 9.40. The number of amides is 1. The summed E-state index contributed by atoms with van der Waals surface area (Å²) in [4.78, 5) is 14.9. The zero-order chi connectivity index (χ0) is 15.3. The summed E-state index contributed by atoms with van der Waals surface area (Å²) in [7, 11) is 0. The summed E-state index contributed by atoms with van der Waals surface area (Å²) in [6.45, 7) is 9.22. The first-order valence-electron chi connectivity index (χ1n) is 7.06. The highest BCUT2D eigenvalue weighted by Gasteiger charge is 2.22. The summed E-state index contributed by atoms with van der Waals surface area (Å²) in [6, 6.07) is 1.98. The lowest BCUT2D eigenvalue weighted by atomic mass is 10.2. The quantitative estimate of drug-likeness (QED) is 0.782. The second-order valence-electron chi connectivity index (χ2n) is 5.00. The normalized spacial score (nSPS) is 10.8. The second-order valence-corrected chi connectivity index (χ2v) is 5.52. The molecule has 20 heavy (non-hydrogen) atoms. The van der Waals surface area contributed by atoms with Crippen LogP contribution < -0.4 is 5.73 Å². The molecule has 0 atom stereocenters. The molecule has 6 heteroatoms. The van der Waals surface area contributed by atoms with Gasteiger partial charge in [0.05, 0.1) is 10.7 Å². The van der Waals surface area contributed by atoms with Crippen LogP contribution in [0.3, 0.4) is 0 Å². The summed E-state index contributed by atoms with van der Waals surface area (Å²) in [5.41, 5.74) is 7.12. The van der Waals surface area contributed by atoms with Crippen LogP contribution in [0.2, 0.25) is 0 Å². The van der Waals surface area contributed by atoms with Gasteiger partial charge >= 0.3 is 0 Å². The molecule has 1 aromatic heterocycles. The van der Waals surface area contributed by atoms with E-state index < -0.39 is 0 Å². The molecule has 0 saturated carbocycles. The van der Waals surface area contributed by atoms with E-state index in [0.717, 1.165) is 12.1 Å². The summed E-state index contributed by atoms with van der Waals surface area (Å²) in [5.74, 6) is -0.00898. The van der Waals surface area contributed by atoms with E-state index in [9.17, 15) is 4.79 Å². The summed E-state index contributed by atoms with van der Waals surface area (Å²) in [6.07, 6.45) is 1.36. The predicted molar refractivity (Wildman–Crippen MR) is 84.9 cm³/mol. The molecule has 0 spiro atoms. The van der Waals surface area contributed by atoms with Gasteiger partial charge in [-0.2, -0.15) is 5.10 Å². The second kappa shape index (κ2) is 7.38. The Kier molecular flexibility index (Phi) is 6.13. The molecule has 1 heterocycles. The van der Waals surface area contributed by atoms with Gasteiger partial charge in [-0.3, -0.25) is 9.48 Å². The zero-order valence-electron chi connectivity index (χ0n) is 12.7. The molecule has 0 bridgehead atoms.